The highest BCUT2D eigenvalue weighted by Crippen LogP contribution is 2.40. The summed E-state index contributed by atoms with van der Waals surface area (Å²) < 4.78 is 13.2. The molecule has 0 spiro atoms. The van der Waals surface area contributed by atoms with Gasteiger partial charge in [-0.25, -0.2) is 0 Å². The third-order valence-corrected chi connectivity index (χ3v) is 9.71. The molecule has 2 aromatic heterocycles. The predicted molar refractivity (Wildman–Crippen MR) is 176 cm³/mol. The first kappa shape index (κ1) is 31.1. The fraction of sp³-hybridized carbons (Fsp3) is 0.526. The molecule has 0 bridgehead atoms. The Morgan fingerprint density at radius 3 is 1.72 bits per heavy atom. The van der Waals surface area contributed by atoms with E-state index in [1.54, 1.807) is 6.07 Å². The van der Waals surface area contributed by atoms with Gasteiger partial charge in [0.2, 0.25) is 5.52 Å². The van der Waals surface area contributed by atoms with Crippen LogP contribution in [0.25, 0.3) is 21.8 Å². The van der Waals surface area contributed by atoms with E-state index in [1.807, 2.05) is 48.7 Å². The fourth-order valence-corrected chi connectivity index (χ4v) is 6.85. The topological polar surface area (TPSA) is 58.3 Å². The van der Waals surface area contributed by atoms with Gasteiger partial charge < -0.3 is 14.7 Å². The average Bonchev–Trinajstić information content (AvgIpc) is 2.97. The van der Waals surface area contributed by atoms with Gasteiger partial charge in [0.15, 0.2) is 6.20 Å². The van der Waals surface area contributed by atoms with Gasteiger partial charge in [0, 0.05) is 23.7 Å². The van der Waals surface area contributed by atoms with Crippen molar-refractivity contribution in [2.45, 2.75) is 105 Å². The van der Waals surface area contributed by atoms with Crippen LogP contribution in [0.4, 0.5) is 0 Å². The van der Waals surface area contributed by atoms with Crippen LogP contribution in [0.1, 0.15) is 92.9 Å². The van der Waals surface area contributed by atoms with Crippen LogP contribution < -0.4 is 14.2 Å². The van der Waals surface area contributed by atoms with Gasteiger partial charge in [-0.2, -0.15) is 4.73 Å². The van der Waals surface area contributed by atoms with Crippen molar-refractivity contribution in [2.24, 2.45) is 22.7 Å². The zero-order valence-corrected chi connectivity index (χ0v) is 27.0. The molecule has 5 nitrogen and oxygen atoms in total. The van der Waals surface area contributed by atoms with Crippen molar-refractivity contribution in [1.29, 1.82) is 0 Å². The Labute approximate surface area is 258 Å². The molecule has 0 saturated heterocycles. The van der Waals surface area contributed by atoms with Gasteiger partial charge in [0.1, 0.15) is 11.5 Å². The Morgan fingerprint density at radius 2 is 1.16 bits per heavy atom. The molecule has 2 fully saturated rings. The van der Waals surface area contributed by atoms with Gasteiger partial charge in [-0.1, -0.05) is 47.6 Å². The molecule has 0 atom stereocenters. The van der Waals surface area contributed by atoms with Crippen LogP contribution in [0.15, 0.2) is 73.1 Å². The van der Waals surface area contributed by atoms with Gasteiger partial charge >= 0.3 is 0 Å². The summed E-state index contributed by atoms with van der Waals surface area (Å²) >= 11 is 0. The molecule has 6 rings (SSSR count). The lowest BCUT2D eigenvalue weighted by Gasteiger charge is -2.36. The van der Waals surface area contributed by atoms with Crippen molar-refractivity contribution >= 4 is 21.8 Å². The molecule has 5 heteroatoms. The quantitative estimate of drug-likeness (QED) is 0.178. The third kappa shape index (κ3) is 8.19. The molecule has 2 aromatic carbocycles. The largest absolute Gasteiger partial charge is 0.618 e. The summed E-state index contributed by atoms with van der Waals surface area (Å²) in [6.45, 7) is 14.1. The number of aromatic nitrogens is 2. The highest BCUT2D eigenvalue weighted by Gasteiger charge is 2.31. The van der Waals surface area contributed by atoms with Crippen LogP contribution in [0.2, 0.25) is 0 Å². The number of benzene rings is 2. The van der Waals surface area contributed by atoms with Crippen LogP contribution in [-0.4, -0.2) is 17.2 Å². The molecule has 2 heterocycles. The summed E-state index contributed by atoms with van der Waals surface area (Å²) in [5.74, 6) is 3.48. The van der Waals surface area contributed by atoms with E-state index in [0.717, 1.165) is 57.2 Å². The highest BCUT2D eigenvalue weighted by molar-refractivity contribution is 5.79. The Bertz CT molecular complexity index is 1490. The molecule has 4 aromatic rings. The molecule has 0 N–H and O–H groups in total. The van der Waals surface area contributed by atoms with Crippen LogP contribution in [0.5, 0.6) is 11.5 Å². The predicted octanol–water partition coefficient (Wildman–Crippen LogP) is 9.68. The summed E-state index contributed by atoms with van der Waals surface area (Å²) in [6, 6.07) is 19.7. The van der Waals surface area contributed by atoms with Crippen molar-refractivity contribution in [3.05, 3.63) is 78.3 Å². The lowest BCUT2D eigenvalue weighted by atomic mass is 9.72. The SMILES string of the molecule is CC(C)(C)C1CCC(Oc2ccc3c(ccc[n+]3[O-])c2)CC1.CC(C)(C)C1CCC(Oc2ccc3ncccc3c2)CC1. The molecule has 0 radical (unpaired) electrons. The van der Waals surface area contributed by atoms with Crippen LogP contribution in [-0.2, 0) is 0 Å². The minimum atomic E-state index is 0.305. The van der Waals surface area contributed by atoms with E-state index in [2.05, 4.69) is 58.7 Å². The van der Waals surface area contributed by atoms with E-state index in [4.69, 9.17) is 9.47 Å². The van der Waals surface area contributed by atoms with E-state index in [9.17, 15) is 5.21 Å². The highest BCUT2D eigenvalue weighted by atomic mass is 16.5. The maximum Gasteiger partial charge on any atom is 0.223 e. The second kappa shape index (κ2) is 13.1. The zero-order chi connectivity index (χ0) is 30.6. The number of hydrogen-bond acceptors (Lipinski definition) is 4. The Morgan fingerprint density at radius 1 is 0.651 bits per heavy atom. The van der Waals surface area contributed by atoms with Crippen molar-refractivity contribution < 1.29 is 14.2 Å². The third-order valence-electron chi connectivity index (χ3n) is 9.71. The maximum atomic E-state index is 11.7. The monoisotopic (exact) mass is 582 g/mol. The molecular formula is C38H50N2O3. The first-order valence-corrected chi connectivity index (χ1v) is 16.3. The molecule has 230 valence electrons. The summed E-state index contributed by atoms with van der Waals surface area (Å²) in [4.78, 5) is 4.35. The number of rotatable bonds is 4. The first-order chi connectivity index (χ1) is 20.5. The molecular weight excluding hydrogens is 532 g/mol. The van der Waals surface area contributed by atoms with Gasteiger partial charge in [0.05, 0.1) is 23.1 Å². The number of nitrogens with zero attached hydrogens (tertiary/aromatic N) is 2. The van der Waals surface area contributed by atoms with Crippen LogP contribution in [0.3, 0.4) is 0 Å². The van der Waals surface area contributed by atoms with E-state index in [1.165, 1.54) is 44.7 Å². The van der Waals surface area contributed by atoms with Crippen molar-refractivity contribution in [3.8, 4) is 11.5 Å². The summed E-state index contributed by atoms with van der Waals surface area (Å²) in [5, 5.41) is 13.8. The number of hydrogen-bond donors (Lipinski definition) is 0. The lowest BCUT2D eigenvalue weighted by Crippen LogP contribution is -2.30. The molecule has 2 saturated carbocycles. The standard InChI is InChI=1S/C19H25NO2.C19H25NO/c1-19(2,3)15-6-8-16(9-7-15)22-17-10-11-18-14(13-17)5-4-12-20(18)21;1-19(2,3)15-6-8-16(9-7-15)21-17-10-11-18-14(13-17)5-4-12-20-18/h4-5,10-13,15-16H,6-9H2,1-3H3;4-5,10-13,15-16H,6-9H2,1-3H3. The number of fused-ring (bicyclic) bond motifs is 2. The van der Waals surface area contributed by atoms with Crippen molar-refractivity contribution in [2.75, 3.05) is 0 Å². The minimum absolute atomic E-state index is 0.305. The van der Waals surface area contributed by atoms with E-state index < -0.39 is 0 Å². The Kier molecular flexibility index (Phi) is 9.48. The smallest absolute Gasteiger partial charge is 0.223 e. The molecule has 2 aliphatic rings. The zero-order valence-electron chi connectivity index (χ0n) is 27.0. The van der Waals surface area contributed by atoms with E-state index >= 15 is 0 Å². The summed E-state index contributed by atoms with van der Waals surface area (Å²) in [6.07, 6.45) is 13.7. The van der Waals surface area contributed by atoms with Crippen molar-refractivity contribution in [3.63, 3.8) is 0 Å². The molecule has 2 aliphatic carbocycles. The second-order valence-electron chi connectivity index (χ2n) is 14.8. The summed E-state index contributed by atoms with van der Waals surface area (Å²) in [5.41, 5.74) is 2.54. The van der Waals surface area contributed by atoms with Gasteiger partial charge in [-0.05, 0) is 116 Å². The van der Waals surface area contributed by atoms with Crippen LogP contribution >= 0.6 is 0 Å². The Balaban J connectivity index is 0.000000171. The normalized spacial score (nSPS) is 22.9. The van der Waals surface area contributed by atoms with Gasteiger partial charge in [0.25, 0.3) is 0 Å². The molecule has 43 heavy (non-hydrogen) atoms. The lowest BCUT2D eigenvalue weighted by molar-refractivity contribution is -0.577. The summed E-state index contributed by atoms with van der Waals surface area (Å²) in [7, 11) is 0. The van der Waals surface area contributed by atoms with Crippen LogP contribution in [0, 0.1) is 27.9 Å². The first-order valence-electron chi connectivity index (χ1n) is 16.3. The van der Waals surface area contributed by atoms with E-state index in [-0.39, 0.29) is 0 Å². The van der Waals surface area contributed by atoms with E-state index in [0.29, 0.717) is 28.6 Å². The molecule has 0 aliphatic heterocycles. The average molecular weight is 583 g/mol. The fourth-order valence-electron chi connectivity index (χ4n) is 6.85. The maximum absolute atomic E-state index is 11.7. The molecule has 0 amide bonds. The Hall–Kier alpha value is -3.34. The second-order valence-corrected chi connectivity index (χ2v) is 14.8. The number of pyridine rings is 2. The van der Waals surface area contributed by atoms with Gasteiger partial charge in [-0.3, -0.25) is 4.98 Å². The number of ether oxygens (including phenoxy) is 2. The minimum Gasteiger partial charge on any atom is -0.618 e. The molecule has 0 unspecified atom stereocenters. The van der Waals surface area contributed by atoms with Crippen molar-refractivity contribution in [1.82, 2.24) is 4.98 Å². The van der Waals surface area contributed by atoms with Gasteiger partial charge in [-0.15, -0.1) is 0 Å².